The quantitative estimate of drug-likeness (QED) is 0.794. The van der Waals surface area contributed by atoms with Crippen molar-refractivity contribution in [1.82, 2.24) is 9.78 Å². The first-order valence-electron chi connectivity index (χ1n) is 6.83. The molecule has 0 aliphatic heterocycles. The Labute approximate surface area is 138 Å². The lowest BCUT2D eigenvalue weighted by molar-refractivity contribution is 0.291. The molecule has 0 spiro atoms. The van der Waals surface area contributed by atoms with Crippen molar-refractivity contribution in [2.75, 3.05) is 0 Å². The molecule has 0 amide bonds. The lowest BCUT2D eigenvalue weighted by Crippen LogP contribution is -2.10. The molecule has 0 saturated carbocycles. The monoisotopic (exact) mass is 367 g/mol. The second kappa shape index (κ2) is 7.04. The molecule has 1 aromatic carbocycles. The molecule has 0 atom stereocenters. The predicted octanol–water partition coefficient (Wildman–Crippen LogP) is 3.44. The highest BCUT2D eigenvalue weighted by Gasteiger charge is 2.14. The van der Waals surface area contributed by atoms with Crippen molar-refractivity contribution in [3.63, 3.8) is 0 Å². The van der Waals surface area contributed by atoms with E-state index in [2.05, 4.69) is 34.9 Å². The van der Waals surface area contributed by atoms with Gasteiger partial charge in [0.2, 0.25) is 0 Å². The van der Waals surface area contributed by atoms with Gasteiger partial charge in [-0.1, -0.05) is 31.3 Å². The van der Waals surface area contributed by atoms with E-state index in [1.165, 1.54) is 0 Å². The van der Waals surface area contributed by atoms with Crippen LogP contribution < -0.4 is 10.5 Å². The van der Waals surface area contributed by atoms with Gasteiger partial charge >= 0.3 is 0 Å². The van der Waals surface area contributed by atoms with E-state index >= 15 is 0 Å². The average molecular weight is 368 g/mol. The highest BCUT2D eigenvalue weighted by Crippen LogP contribution is 2.24. The number of nitrogens with two attached hydrogens (primary N) is 1. The van der Waals surface area contributed by atoms with Crippen LogP contribution in [0.25, 0.3) is 0 Å². The van der Waals surface area contributed by atoms with Gasteiger partial charge in [0.05, 0.1) is 15.9 Å². The first-order valence-corrected chi connectivity index (χ1v) is 8.03. The Morgan fingerprint density at radius 2 is 2.19 bits per heavy atom. The smallest absolute Gasteiger partial charge is 0.131 e. The molecular formula is C15H18BrN3OS. The summed E-state index contributed by atoms with van der Waals surface area (Å²) in [6.45, 7) is 5.41. The van der Waals surface area contributed by atoms with Crippen LogP contribution >= 0.6 is 28.1 Å². The summed E-state index contributed by atoms with van der Waals surface area (Å²) < 4.78 is 8.84. The predicted molar refractivity (Wildman–Crippen MR) is 91.6 cm³/mol. The maximum absolute atomic E-state index is 5.86. The summed E-state index contributed by atoms with van der Waals surface area (Å²) in [5.74, 6) is 0.745. The van der Waals surface area contributed by atoms with Gasteiger partial charge in [-0.3, -0.25) is 4.68 Å². The van der Waals surface area contributed by atoms with Gasteiger partial charge in [0.1, 0.15) is 17.3 Å². The summed E-state index contributed by atoms with van der Waals surface area (Å²) in [6.07, 6.45) is 0.886. The van der Waals surface area contributed by atoms with Crippen molar-refractivity contribution in [3.8, 4) is 5.75 Å². The first kappa shape index (κ1) is 16.0. The van der Waals surface area contributed by atoms with Crippen LogP contribution in [0.2, 0.25) is 0 Å². The molecule has 2 aromatic rings. The number of benzene rings is 1. The number of rotatable bonds is 6. The van der Waals surface area contributed by atoms with Gasteiger partial charge in [0, 0.05) is 12.1 Å². The first-order chi connectivity index (χ1) is 10.1. The molecule has 0 bridgehead atoms. The fraction of sp³-hybridized carbons (Fsp3) is 0.333. The fourth-order valence-electron chi connectivity index (χ4n) is 2.05. The molecule has 0 radical (unpaired) electrons. The number of hydrogen-bond acceptors (Lipinski definition) is 3. The molecule has 1 heterocycles. The van der Waals surface area contributed by atoms with Gasteiger partial charge in [-0.05, 0) is 41.4 Å². The van der Waals surface area contributed by atoms with E-state index in [1.807, 2.05) is 28.9 Å². The van der Waals surface area contributed by atoms with Gasteiger partial charge < -0.3 is 10.5 Å². The second-order valence-electron chi connectivity index (χ2n) is 4.56. The molecule has 0 aliphatic carbocycles. The Hall–Kier alpha value is -1.40. The molecule has 0 fully saturated rings. The van der Waals surface area contributed by atoms with E-state index in [1.54, 1.807) is 0 Å². The molecule has 0 unspecified atom stereocenters. The van der Waals surface area contributed by atoms with Gasteiger partial charge in [-0.2, -0.15) is 5.10 Å². The third-order valence-electron chi connectivity index (χ3n) is 3.19. The normalized spacial score (nSPS) is 10.6. The van der Waals surface area contributed by atoms with Crippen LogP contribution in [-0.4, -0.2) is 14.8 Å². The second-order valence-corrected chi connectivity index (χ2v) is 5.79. The molecule has 4 nitrogen and oxygen atoms in total. The summed E-state index contributed by atoms with van der Waals surface area (Å²) in [6, 6.07) is 7.50. The Morgan fingerprint density at radius 3 is 2.81 bits per heavy atom. The van der Waals surface area contributed by atoms with Crippen LogP contribution in [0, 0.1) is 0 Å². The molecule has 112 valence electrons. The van der Waals surface area contributed by atoms with Crippen molar-refractivity contribution < 1.29 is 4.74 Å². The fourth-order valence-corrected chi connectivity index (χ4v) is 2.85. The Kier molecular flexibility index (Phi) is 5.36. The van der Waals surface area contributed by atoms with Gasteiger partial charge in [0.15, 0.2) is 0 Å². The van der Waals surface area contributed by atoms with Crippen LogP contribution in [0.4, 0.5) is 0 Å². The number of aromatic nitrogens is 2. The lowest BCUT2D eigenvalue weighted by Gasteiger charge is -2.09. The molecular weight excluding hydrogens is 350 g/mol. The van der Waals surface area contributed by atoms with E-state index in [0.29, 0.717) is 11.6 Å². The van der Waals surface area contributed by atoms with Crippen LogP contribution in [0.5, 0.6) is 5.75 Å². The summed E-state index contributed by atoms with van der Waals surface area (Å²) in [5.41, 5.74) is 8.53. The van der Waals surface area contributed by atoms with Crippen molar-refractivity contribution in [2.45, 2.75) is 33.4 Å². The summed E-state index contributed by atoms with van der Waals surface area (Å²) in [5, 5.41) is 4.55. The number of ether oxygens (including phenoxy) is 1. The number of hydrogen-bond donors (Lipinski definition) is 1. The average Bonchev–Trinajstić information content (AvgIpc) is 2.81. The van der Waals surface area contributed by atoms with Crippen molar-refractivity contribution in [1.29, 1.82) is 0 Å². The third kappa shape index (κ3) is 3.63. The zero-order valence-electron chi connectivity index (χ0n) is 12.1. The molecule has 21 heavy (non-hydrogen) atoms. The molecule has 0 saturated heterocycles. The number of halogens is 1. The Morgan fingerprint density at radius 1 is 1.43 bits per heavy atom. The van der Waals surface area contributed by atoms with E-state index in [-0.39, 0.29) is 0 Å². The molecule has 2 N–H and O–H groups in total. The Balaban J connectivity index is 2.18. The summed E-state index contributed by atoms with van der Waals surface area (Å²) in [7, 11) is 0. The zero-order chi connectivity index (χ0) is 15.4. The molecule has 0 aliphatic rings. The van der Waals surface area contributed by atoms with E-state index in [4.69, 9.17) is 22.7 Å². The van der Waals surface area contributed by atoms with Crippen molar-refractivity contribution >= 4 is 33.1 Å². The number of nitrogens with zero attached hydrogens (tertiary/aromatic N) is 2. The number of thiocarbonyl (C=S) groups is 1. The lowest BCUT2D eigenvalue weighted by atomic mass is 10.2. The van der Waals surface area contributed by atoms with Crippen molar-refractivity contribution in [2.24, 2.45) is 5.73 Å². The maximum Gasteiger partial charge on any atom is 0.131 e. The SMILES string of the molecule is CCc1nn(CC)c(COc2cccc(C(N)=S)c2)c1Br. The molecule has 6 heteroatoms. The largest absolute Gasteiger partial charge is 0.487 e. The summed E-state index contributed by atoms with van der Waals surface area (Å²) >= 11 is 8.59. The topological polar surface area (TPSA) is 53.1 Å². The zero-order valence-corrected chi connectivity index (χ0v) is 14.5. The van der Waals surface area contributed by atoms with Crippen LogP contribution in [0.1, 0.15) is 30.8 Å². The highest BCUT2D eigenvalue weighted by atomic mass is 79.9. The maximum atomic E-state index is 5.86. The van der Waals surface area contributed by atoms with Crippen LogP contribution in [0.15, 0.2) is 28.7 Å². The minimum absolute atomic E-state index is 0.369. The van der Waals surface area contributed by atoms with E-state index in [0.717, 1.165) is 40.1 Å². The van der Waals surface area contributed by atoms with E-state index < -0.39 is 0 Å². The standard InChI is InChI=1S/C15H18BrN3OS/c1-3-12-14(16)13(19(4-2)18-12)9-20-11-7-5-6-10(8-11)15(17)21/h5-8H,3-4,9H2,1-2H3,(H2,17,21). The minimum Gasteiger partial charge on any atom is -0.487 e. The van der Waals surface area contributed by atoms with Gasteiger partial charge in [-0.25, -0.2) is 0 Å². The van der Waals surface area contributed by atoms with Crippen LogP contribution in [0.3, 0.4) is 0 Å². The number of aryl methyl sites for hydroxylation is 2. The molecule has 1 aromatic heterocycles. The summed E-state index contributed by atoms with van der Waals surface area (Å²) in [4.78, 5) is 0.369. The van der Waals surface area contributed by atoms with Crippen LogP contribution in [-0.2, 0) is 19.6 Å². The van der Waals surface area contributed by atoms with Gasteiger partial charge in [0.25, 0.3) is 0 Å². The molecule has 2 rings (SSSR count). The van der Waals surface area contributed by atoms with Crippen molar-refractivity contribution in [3.05, 3.63) is 45.7 Å². The van der Waals surface area contributed by atoms with E-state index in [9.17, 15) is 0 Å². The van der Waals surface area contributed by atoms with Gasteiger partial charge in [-0.15, -0.1) is 0 Å². The minimum atomic E-state index is 0.369. The highest BCUT2D eigenvalue weighted by molar-refractivity contribution is 9.10. The third-order valence-corrected chi connectivity index (χ3v) is 4.34. The Bertz CT molecular complexity index is 654.